The molecule has 126 valence electrons. The van der Waals surface area contributed by atoms with Gasteiger partial charge in [-0.25, -0.2) is 0 Å². The summed E-state index contributed by atoms with van der Waals surface area (Å²) in [7, 11) is 0. The number of hydrogen-bond donors (Lipinski definition) is 0. The van der Waals surface area contributed by atoms with Gasteiger partial charge in [0.1, 0.15) is 0 Å². The van der Waals surface area contributed by atoms with Gasteiger partial charge in [-0.05, 0) is 22.7 Å². The van der Waals surface area contributed by atoms with Crippen molar-refractivity contribution >= 4 is 0 Å². The molecule has 0 saturated heterocycles. The van der Waals surface area contributed by atoms with Crippen molar-refractivity contribution in [3.63, 3.8) is 0 Å². The first-order valence-corrected chi connectivity index (χ1v) is 9.00. The van der Waals surface area contributed by atoms with Crippen LogP contribution in [-0.4, -0.2) is 0 Å². The molecule has 0 aliphatic heterocycles. The van der Waals surface area contributed by atoms with Gasteiger partial charge < -0.3 is 0 Å². The van der Waals surface area contributed by atoms with Crippen LogP contribution in [0.2, 0.25) is 0 Å². The highest BCUT2D eigenvalue weighted by atomic mass is 14.3. The van der Waals surface area contributed by atoms with E-state index in [0.717, 1.165) is 11.8 Å². The van der Waals surface area contributed by atoms with Crippen molar-refractivity contribution in [2.45, 2.75) is 109 Å². The van der Waals surface area contributed by atoms with Crippen LogP contribution in [0.5, 0.6) is 0 Å². The van der Waals surface area contributed by atoms with Crippen LogP contribution in [0.3, 0.4) is 0 Å². The average Bonchev–Trinajstić information content (AvgIpc) is 2.35. The van der Waals surface area contributed by atoms with Crippen LogP contribution in [0.25, 0.3) is 0 Å². The first-order chi connectivity index (χ1) is 9.00. The van der Waals surface area contributed by atoms with Gasteiger partial charge in [-0.15, -0.1) is 0 Å². The summed E-state index contributed by atoms with van der Waals surface area (Å²) in [6, 6.07) is 0. The lowest BCUT2D eigenvalue weighted by Crippen LogP contribution is -2.19. The minimum atomic E-state index is 0.509. The minimum absolute atomic E-state index is 0.509. The van der Waals surface area contributed by atoms with E-state index in [1.165, 1.54) is 25.7 Å². The lowest BCUT2D eigenvalue weighted by molar-refractivity contribution is 0.217. The van der Waals surface area contributed by atoms with Crippen LogP contribution in [0.15, 0.2) is 0 Å². The molecule has 20 heavy (non-hydrogen) atoms. The molecule has 0 nitrogen and oxygen atoms in total. The summed E-state index contributed by atoms with van der Waals surface area (Å²) in [5.74, 6) is 1.76. The van der Waals surface area contributed by atoms with Crippen molar-refractivity contribution in [3.05, 3.63) is 0 Å². The average molecular weight is 287 g/mol. The molecule has 0 N–H and O–H groups in total. The van der Waals surface area contributed by atoms with E-state index in [1.54, 1.807) is 0 Å². The molecule has 0 rings (SSSR count). The zero-order chi connectivity index (χ0) is 17.0. The monoisotopic (exact) mass is 286 g/mol. The van der Waals surface area contributed by atoms with Crippen molar-refractivity contribution in [2.24, 2.45) is 22.7 Å². The Morgan fingerprint density at radius 2 is 1.10 bits per heavy atom. The molecule has 0 saturated carbocycles. The largest absolute Gasteiger partial charge is 0.0683 e. The molecule has 0 fully saturated rings. The molecule has 0 amide bonds. The van der Waals surface area contributed by atoms with Crippen LogP contribution >= 0.6 is 0 Å². The van der Waals surface area contributed by atoms with E-state index in [1.807, 2.05) is 13.8 Å². The summed E-state index contributed by atoms with van der Waals surface area (Å²) in [6.45, 7) is 27.0. The van der Waals surface area contributed by atoms with Gasteiger partial charge in [-0.1, -0.05) is 109 Å². The van der Waals surface area contributed by atoms with Crippen LogP contribution in [-0.2, 0) is 0 Å². The van der Waals surface area contributed by atoms with Gasteiger partial charge in [0, 0.05) is 0 Å². The van der Waals surface area contributed by atoms with Crippen LogP contribution in [0.4, 0.5) is 0 Å². The molecule has 0 bridgehead atoms. The Morgan fingerprint density at radius 1 is 0.700 bits per heavy atom. The van der Waals surface area contributed by atoms with Gasteiger partial charge in [0.2, 0.25) is 0 Å². The highest BCUT2D eigenvalue weighted by Crippen LogP contribution is 2.31. The molecule has 0 aromatic carbocycles. The molecule has 0 aliphatic carbocycles. The predicted molar refractivity (Wildman–Crippen MR) is 98.4 cm³/mol. The van der Waals surface area contributed by atoms with E-state index in [-0.39, 0.29) is 0 Å². The molecule has 0 heteroatoms. The Kier molecular flexibility index (Phi) is 15.9. The highest BCUT2D eigenvalue weighted by molar-refractivity contribution is 4.71. The summed E-state index contributed by atoms with van der Waals surface area (Å²) in [5, 5.41) is 0. The third kappa shape index (κ3) is 14.4. The molecule has 0 aliphatic rings. The minimum Gasteiger partial charge on any atom is -0.0683 e. The smallest absolute Gasteiger partial charge is 0.0354 e. The topological polar surface area (TPSA) is 0 Å². The van der Waals surface area contributed by atoms with Gasteiger partial charge in [0.05, 0.1) is 0 Å². The van der Waals surface area contributed by atoms with Crippen LogP contribution in [0.1, 0.15) is 109 Å². The van der Waals surface area contributed by atoms with E-state index in [0.29, 0.717) is 10.8 Å². The van der Waals surface area contributed by atoms with Gasteiger partial charge in [0.25, 0.3) is 0 Å². The molecule has 2 unspecified atom stereocenters. The summed E-state index contributed by atoms with van der Waals surface area (Å²) in [4.78, 5) is 0. The number of rotatable bonds is 4. The van der Waals surface area contributed by atoms with Crippen molar-refractivity contribution < 1.29 is 0 Å². The SMILES string of the molecule is CC.CCC(C)C(C)(C)C.CCCC(CC)C(C)(C)C. The van der Waals surface area contributed by atoms with Crippen molar-refractivity contribution in [2.75, 3.05) is 0 Å². The fourth-order valence-electron chi connectivity index (χ4n) is 2.21. The second-order valence-corrected chi connectivity index (χ2v) is 7.94. The molecular formula is C20H46. The van der Waals surface area contributed by atoms with Crippen molar-refractivity contribution in [3.8, 4) is 0 Å². The Bertz CT molecular complexity index is 177. The second-order valence-electron chi connectivity index (χ2n) is 7.94. The maximum atomic E-state index is 2.34. The third-order valence-corrected chi connectivity index (χ3v) is 4.45. The zero-order valence-corrected chi connectivity index (χ0v) is 17.0. The van der Waals surface area contributed by atoms with Gasteiger partial charge >= 0.3 is 0 Å². The number of hydrogen-bond acceptors (Lipinski definition) is 0. The van der Waals surface area contributed by atoms with E-state index in [2.05, 4.69) is 69.2 Å². The lowest BCUT2D eigenvalue weighted by atomic mass is 9.77. The van der Waals surface area contributed by atoms with E-state index in [9.17, 15) is 0 Å². The zero-order valence-electron chi connectivity index (χ0n) is 17.0. The Balaban J connectivity index is -0.000000262. The Morgan fingerprint density at radius 3 is 1.15 bits per heavy atom. The van der Waals surface area contributed by atoms with Gasteiger partial charge in [-0.2, -0.15) is 0 Å². The summed E-state index contributed by atoms with van der Waals surface area (Å²) < 4.78 is 0. The van der Waals surface area contributed by atoms with Crippen LogP contribution in [0, 0.1) is 22.7 Å². The third-order valence-electron chi connectivity index (χ3n) is 4.45. The molecule has 0 aromatic heterocycles. The molecule has 2 atom stereocenters. The first-order valence-electron chi connectivity index (χ1n) is 9.00. The maximum absolute atomic E-state index is 2.34. The molecule has 0 radical (unpaired) electrons. The molecule has 0 heterocycles. The van der Waals surface area contributed by atoms with E-state index in [4.69, 9.17) is 0 Å². The summed E-state index contributed by atoms with van der Waals surface area (Å²) >= 11 is 0. The maximum Gasteiger partial charge on any atom is -0.0354 e. The molecular weight excluding hydrogens is 240 g/mol. The Labute approximate surface area is 132 Å². The lowest BCUT2D eigenvalue weighted by Gasteiger charge is -2.29. The quantitative estimate of drug-likeness (QED) is 0.491. The Hall–Kier alpha value is 0. The fourth-order valence-corrected chi connectivity index (χ4v) is 2.21. The van der Waals surface area contributed by atoms with Crippen molar-refractivity contribution in [1.82, 2.24) is 0 Å². The van der Waals surface area contributed by atoms with Crippen LogP contribution < -0.4 is 0 Å². The molecule has 0 aromatic rings. The molecule has 0 spiro atoms. The van der Waals surface area contributed by atoms with Crippen molar-refractivity contribution in [1.29, 1.82) is 0 Å². The van der Waals surface area contributed by atoms with Gasteiger partial charge in [-0.3, -0.25) is 0 Å². The highest BCUT2D eigenvalue weighted by Gasteiger charge is 2.21. The van der Waals surface area contributed by atoms with Gasteiger partial charge in [0.15, 0.2) is 0 Å². The second kappa shape index (κ2) is 12.7. The van der Waals surface area contributed by atoms with E-state index >= 15 is 0 Å². The fraction of sp³-hybridized carbons (Fsp3) is 1.00. The van der Waals surface area contributed by atoms with E-state index < -0.39 is 0 Å². The predicted octanol–water partition coefficient (Wildman–Crippen LogP) is 7.96. The first kappa shape index (κ1) is 25.0. The summed E-state index contributed by atoms with van der Waals surface area (Å²) in [6.07, 6.45) is 5.34. The standard InChI is InChI=1S/C10H22.C8H18.C2H6/c1-6-8-9(7-2)10(3,4)5;1-6-7(2)8(3,4)5;1-2/h9H,6-8H2,1-5H3;7H,6H2,1-5H3;1-2H3. The normalized spacial score (nSPS) is 14.4. The summed E-state index contributed by atoms with van der Waals surface area (Å²) in [5.41, 5.74) is 1.03.